The van der Waals surface area contributed by atoms with Crippen LogP contribution in [0.5, 0.6) is 0 Å². The van der Waals surface area contributed by atoms with Crippen LogP contribution in [-0.4, -0.2) is 28.6 Å². The van der Waals surface area contributed by atoms with Crippen LogP contribution in [0, 0.1) is 12.8 Å². The Labute approximate surface area is 226 Å². The third-order valence-corrected chi connectivity index (χ3v) is 6.59. The third kappa shape index (κ3) is 6.40. The molecule has 1 unspecified atom stereocenters. The summed E-state index contributed by atoms with van der Waals surface area (Å²) in [6.45, 7) is 6.49. The van der Waals surface area contributed by atoms with Gasteiger partial charge in [-0.3, -0.25) is 9.59 Å². The number of carbonyl (C=O) groups excluding carboxylic acids is 2. The Morgan fingerprint density at radius 3 is 2.54 bits per heavy atom. The Bertz CT molecular complexity index is 1480. The lowest BCUT2D eigenvalue weighted by Gasteiger charge is -2.20. The van der Waals surface area contributed by atoms with E-state index in [1.807, 2.05) is 38.2 Å². The number of amides is 2. The van der Waals surface area contributed by atoms with Crippen LogP contribution in [0.1, 0.15) is 40.9 Å². The van der Waals surface area contributed by atoms with Crippen molar-refractivity contribution in [2.45, 2.75) is 33.4 Å². The third-order valence-electron chi connectivity index (χ3n) is 6.04. The number of hydrogen-bond donors (Lipinski definition) is 2. The van der Waals surface area contributed by atoms with Gasteiger partial charge in [0.05, 0.1) is 16.8 Å². The summed E-state index contributed by atoms with van der Waals surface area (Å²) in [5, 5.41) is 8.62. The number of aryl methyl sites for hydroxylation is 1. The summed E-state index contributed by atoms with van der Waals surface area (Å²) in [5.74, 6) is -1.06. The minimum absolute atomic E-state index is 0.179. The normalized spacial score (nSPS) is 12.3. The van der Waals surface area contributed by atoms with Crippen molar-refractivity contribution in [3.8, 4) is 0 Å². The number of rotatable bonds is 8. The number of fused-ring (bicyclic) bond motifs is 1. The van der Waals surface area contributed by atoms with Gasteiger partial charge < -0.3 is 9.88 Å². The number of hydrazone groups is 1. The summed E-state index contributed by atoms with van der Waals surface area (Å²) < 4.78 is 2.17. The van der Waals surface area contributed by atoms with Crippen molar-refractivity contribution >= 4 is 52.1 Å². The van der Waals surface area contributed by atoms with Gasteiger partial charge in [-0.25, -0.2) is 5.43 Å². The van der Waals surface area contributed by atoms with Gasteiger partial charge >= 0.3 is 0 Å². The van der Waals surface area contributed by atoms with E-state index < -0.39 is 17.9 Å². The van der Waals surface area contributed by atoms with Gasteiger partial charge in [-0.1, -0.05) is 85.1 Å². The highest BCUT2D eigenvalue weighted by Gasteiger charge is 2.25. The molecule has 0 radical (unpaired) electrons. The van der Waals surface area contributed by atoms with E-state index in [-0.39, 0.29) is 16.5 Å². The highest BCUT2D eigenvalue weighted by molar-refractivity contribution is 6.36. The second-order valence-electron chi connectivity index (χ2n) is 9.27. The summed E-state index contributed by atoms with van der Waals surface area (Å²) in [6.07, 6.45) is 3.65. The summed E-state index contributed by atoms with van der Waals surface area (Å²) in [6, 6.07) is 20.3. The SMILES string of the molecule is Cc1cccc(Cn2cc(C=NNC(=O)C(NC(=O)c3ccc(Cl)cc3Cl)C(C)C)c3ccccc32)c1. The second-order valence-corrected chi connectivity index (χ2v) is 10.1. The maximum atomic E-state index is 12.9. The number of carbonyl (C=O) groups is 2. The Morgan fingerprint density at radius 2 is 1.81 bits per heavy atom. The van der Waals surface area contributed by atoms with Gasteiger partial charge in [0.15, 0.2) is 0 Å². The van der Waals surface area contributed by atoms with Crippen molar-refractivity contribution in [1.29, 1.82) is 0 Å². The lowest BCUT2D eigenvalue weighted by molar-refractivity contribution is -0.123. The molecular weight excluding hydrogens is 507 g/mol. The predicted octanol–water partition coefficient (Wildman–Crippen LogP) is 6.21. The van der Waals surface area contributed by atoms with E-state index in [0.29, 0.717) is 5.02 Å². The van der Waals surface area contributed by atoms with Crippen molar-refractivity contribution in [1.82, 2.24) is 15.3 Å². The fraction of sp³-hybridized carbons (Fsp3) is 0.207. The molecular formula is C29H28Cl2N4O2. The Kier molecular flexibility index (Phi) is 8.31. The maximum absolute atomic E-state index is 12.9. The summed E-state index contributed by atoms with van der Waals surface area (Å²) in [7, 11) is 0. The smallest absolute Gasteiger partial charge is 0.262 e. The first-order chi connectivity index (χ1) is 17.7. The first-order valence-electron chi connectivity index (χ1n) is 11.9. The minimum Gasteiger partial charge on any atom is -0.342 e. The molecule has 1 heterocycles. The molecule has 8 heteroatoms. The summed E-state index contributed by atoms with van der Waals surface area (Å²) in [5.41, 5.74) is 7.19. The van der Waals surface area contributed by atoms with Gasteiger partial charge in [0.1, 0.15) is 6.04 Å². The molecule has 3 aromatic carbocycles. The van der Waals surface area contributed by atoms with Crippen LogP contribution in [0.2, 0.25) is 10.0 Å². The predicted molar refractivity (Wildman–Crippen MR) is 151 cm³/mol. The van der Waals surface area contributed by atoms with Gasteiger partial charge in [-0.05, 0) is 42.7 Å². The Hall–Kier alpha value is -3.61. The lowest BCUT2D eigenvalue weighted by Crippen LogP contribution is -2.48. The van der Waals surface area contributed by atoms with E-state index in [1.54, 1.807) is 12.3 Å². The average Bonchev–Trinajstić information content (AvgIpc) is 3.19. The lowest BCUT2D eigenvalue weighted by atomic mass is 10.0. The summed E-state index contributed by atoms with van der Waals surface area (Å²) in [4.78, 5) is 25.7. The van der Waals surface area contributed by atoms with Crippen molar-refractivity contribution < 1.29 is 9.59 Å². The molecule has 0 aliphatic rings. The molecule has 0 spiro atoms. The highest BCUT2D eigenvalue weighted by atomic mass is 35.5. The molecule has 1 atom stereocenters. The van der Waals surface area contributed by atoms with Crippen LogP contribution in [0.25, 0.3) is 10.9 Å². The molecule has 0 bridgehead atoms. The molecule has 37 heavy (non-hydrogen) atoms. The molecule has 0 saturated carbocycles. The largest absolute Gasteiger partial charge is 0.342 e. The molecule has 4 rings (SSSR count). The van der Waals surface area contributed by atoms with E-state index in [1.165, 1.54) is 23.3 Å². The molecule has 0 aliphatic carbocycles. The first kappa shape index (κ1) is 26.5. The van der Waals surface area contributed by atoms with Gasteiger partial charge in [-0.2, -0.15) is 5.10 Å². The van der Waals surface area contributed by atoms with E-state index in [4.69, 9.17) is 23.2 Å². The van der Waals surface area contributed by atoms with Crippen LogP contribution in [0.15, 0.2) is 78.0 Å². The average molecular weight is 535 g/mol. The highest BCUT2D eigenvalue weighted by Crippen LogP contribution is 2.22. The number of nitrogens with one attached hydrogen (secondary N) is 2. The number of nitrogens with zero attached hydrogens (tertiary/aromatic N) is 2. The molecule has 0 saturated heterocycles. The number of hydrogen-bond acceptors (Lipinski definition) is 3. The van der Waals surface area contributed by atoms with Crippen LogP contribution in [0.4, 0.5) is 0 Å². The van der Waals surface area contributed by atoms with E-state index in [2.05, 4.69) is 57.7 Å². The van der Waals surface area contributed by atoms with Crippen LogP contribution >= 0.6 is 23.2 Å². The Morgan fingerprint density at radius 1 is 1.03 bits per heavy atom. The van der Waals surface area contributed by atoms with Crippen molar-refractivity contribution in [2.24, 2.45) is 11.0 Å². The number of para-hydroxylation sites is 1. The van der Waals surface area contributed by atoms with Crippen LogP contribution in [-0.2, 0) is 11.3 Å². The van der Waals surface area contributed by atoms with Gasteiger partial charge in [0, 0.05) is 34.2 Å². The standard InChI is InChI=1S/C29H28Cl2N4O2/c1-18(2)27(33-28(36)24-12-11-22(30)14-25(24)31)29(37)34-32-15-21-17-35(26-10-5-4-9-23(21)26)16-20-8-6-7-19(3)13-20/h4-15,17-18,27H,16H2,1-3H3,(H,33,36)(H,34,37). The van der Waals surface area contributed by atoms with E-state index >= 15 is 0 Å². The number of aromatic nitrogens is 1. The minimum atomic E-state index is -0.806. The van der Waals surface area contributed by atoms with Crippen LogP contribution < -0.4 is 10.7 Å². The zero-order chi connectivity index (χ0) is 26.5. The summed E-state index contributed by atoms with van der Waals surface area (Å²) >= 11 is 12.1. The fourth-order valence-electron chi connectivity index (χ4n) is 4.18. The molecule has 4 aromatic rings. The topological polar surface area (TPSA) is 75.5 Å². The van der Waals surface area contributed by atoms with Crippen LogP contribution in [0.3, 0.4) is 0 Å². The monoisotopic (exact) mass is 534 g/mol. The van der Waals surface area contributed by atoms with E-state index in [9.17, 15) is 9.59 Å². The molecule has 2 N–H and O–H groups in total. The Balaban J connectivity index is 1.49. The van der Waals surface area contributed by atoms with Crippen molar-refractivity contribution in [3.63, 3.8) is 0 Å². The van der Waals surface area contributed by atoms with Crippen molar-refractivity contribution in [2.75, 3.05) is 0 Å². The molecule has 190 valence electrons. The molecule has 1 aromatic heterocycles. The second kappa shape index (κ2) is 11.6. The molecule has 6 nitrogen and oxygen atoms in total. The number of benzene rings is 3. The quantitative estimate of drug-likeness (QED) is 0.208. The fourth-order valence-corrected chi connectivity index (χ4v) is 4.67. The van der Waals surface area contributed by atoms with Crippen molar-refractivity contribution in [3.05, 3.63) is 105 Å². The van der Waals surface area contributed by atoms with Gasteiger partial charge in [0.2, 0.25) is 0 Å². The van der Waals surface area contributed by atoms with Gasteiger partial charge in [-0.15, -0.1) is 0 Å². The maximum Gasteiger partial charge on any atom is 0.262 e. The molecule has 0 aliphatic heterocycles. The molecule has 0 fully saturated rings. The zero-order valence-electron chi connectivity index (χ0n) is 20.8. The van der Waals surface area contributed by atoms with E-state index in [0.717, 1.165) is 23.0 Å². The zero-order valence-corrected chi connectivity index (χ0v) is 22.3. The first-order valence-corrected chi connectivity index (χ1v) is 12.7. The number of halogens is 2. The molecule has 2 amide bonds. The van der Waals surface area contributed by atoms with Gasteiger partial charge in [0.25, 0.3) is 11.8 Å².